The van der Waals surface area contributed by atoms with Gasteiger partial charge in [0.05, 0.1) is 30.0 Å². The monoisotopic (exact) mass is 393 g/mol. The van der Waals surface area contributed by atoms with E-state index in [1.54, 1.807) is 47.4 Å². The number of fused-ring (bicyclic) bond motifs is 2. The summed E-state index contributed by atoms with van der Waals surface area (Å²) in [6, 6.07) is 11.7. The largest absolute Gasteiger partial charge is 0.465 e. The molecule has 1 amide bonds. The van der Waals surface area contributed by atoms with E-state index in [1.807, 2.05) is 0 Å². The first-order chi connectivity index (χ1) is 14.0. The van der Waals surface area contributed by atoms with Crippen molar-refractivity contribution in [3.05, 3.63) is 74.3 Å². The lowest BCUT2D eigenvalue weighted by molar-refractivity contribution is -0.118. The van der Waals surface area contributed by atoms with Gasteiger partial charge in [0.15, 0.2) is 0 Å². The number of aromatic nitrogens is 2. The molecule has 2 heterocycles. The number of amides is 1. The lowest BCUT2D eigenvalue weighted by atomic mass is 10.1. The zero-order valence-electron chi connectivity index (χ0n) is 15.8. The first-order valence-electron chi connectivity index (χ1n) is 9.23. The predicted molar refractivity (Wildman–Crippen MR) is 107 cm³/mol. The molecular weight excluding hydrogens is 374 g/mol. The Morgan fingerprint density at radius 1 is 1.10 bits per heavy atom. The summed E-state index contributed by atoms with van der Waals surface area (Å²) >= 11 is 0. The molecule has 0 aliphatic carbocycles. The number of carbonyl (C=O) groups excluding carboxylic acids is 2. The molecule has 8 heteroatoms. The molecule has 8 nitrogen and oxygen atoms in total. The lowest BCUT2D eigenvalue weighted by Crippen LogP contribution is -2.34. The minimum Gasteiger partial charge on any atom is -0.465 e. The van der Waals surface area contributed by atoms with E-state index in [0.717, 1.165) is 11.3 Å². The number of hydrogen-bond donors (Lipinski definition) is 1. The molecule has 148 valence electrons. The third-order valence-electron chi connectivity index (χ3n) is 5.13. The van der Waals surface area contributed by atoms with E-state index in [1.165, 1.54) is 11.8 Å². The average Bonchev–Trinajstić information content (AvgIpc) is 3.18. The minimum absolute atomic E-state index is 0.0619. The van der Waals surface area contributed by atoms with Crippen molar-refractivity contribution in [2.24, 2.45) is 0 Å². The summed E-state index contributed by atoms with van der Waals surface area (Å²) in [5.74, 6) is -0.576. The van der Waals surface area contributed by atoms with E-state index in [-0.39, 0.29) is 30.0 Å². The molecule has 4 rings (SSSR count). The van der Waals surface area contributed by atoms with E-state index in [9.17, 15) is 19.2 Å². The fourth-order valence-electron chi connectivity index (χ4n) is 3.65. The fraction of sp³-hybridized carbons (Fsp3) is 0.238. The number of hydrogen-bond acceptors (Lipinski definition) is 5. The molecule has 0 radical (unpaired) electrons. The Morgan fingerprint density at radius 2 is 1.86 bits per heavy atom. The second-order valence-electron chi connectivity index (χ2n) is 6.82. The van der Waals surface area contributed by atoms with Gasteiger partial charge in [0, 0.05) is 18.7 Å². The van der Waals surface area contributed by atoms with Crippen LogP contribution in [0.2, 0.25) is 0 Å². The maximum atomic E-state index is 12.7. The maximum Gasteiger partial charge on any atom is 0.337 e. The Labute approximate surface area is 165 Å². The number of aromatic amines is 1. The van der Waals surface area contributed by atoms with Gasteiger partial charge >= 0.3 is 5.97 Å². The van der Waals surface area contributed by atoms with Gasteiger partial charge in [-0.25, -0.2) is 9.48 Å². The van der Waals surface area contributed by atoms with Crippen molar-refractivity contribution in [1.29, 1.82) is 0 Å². The van der Waals surface area contributed by atoms with Crippen LogP contribution in [-0.4, -0.2) is 35.3 Å². The summed E-state index contributed by atoms with van der Waals surface area (Å²) < 4.78 is 5.91. The van der Waals surface area contributed by atoms with Crippen LogP contribution in [0.3, 0.4) is 0 Å². The molecule has 1 aromatic heterocycles. The summed E-state index contributed by atoms with van der Waals surface area (Å²) in [4.78, 5) is 50.8. The number of methoxy groups -OCH3 is 1. The molecule has 0 fully saturated rings. The van der Waals surface area contributed by atoms with E-state index in [2.05, 4.69) is 5.10 Å². The topological polar surface area (TPSA) is 101 Å². The maximum absolute atomic E-state index is 12.7. The summed E-state index contributed by atoms with van der Waals surface area (Å²) in [5, 5.41) is 3.19. The highest BCUT2D eigenvalue weighted by atomic mass is 16.5. The summed E-state index contributed by atoms with van der Waals surface area (Å²) in [6.07, 6.45) is 0.699. The SMILES string of the molecule is COC(=O)c1ccc2c(c1)CCN2C(=O)CCn1[nH]c(=O)c2ccccc2c1=O. The summed E-state index contributed by atoms with van der Waals surface area (Å²) in [7, 11) is 1.32. The van der Waals surface area contributed by atoms with Crippen LogP contribution in [0.15, 0.2) is 52.1 Å². The molecule has 0 saturated carbocycles. The van der Waals surface area contributed by atoms with Crippen LogP contribution in [0.5, 0.6) is 0 Å². The molecule has 1 aliphatic heterocycles. The van der Waals surface area contributed by atoms with Crippen LogP contribution in [0, 0.1) is 0 Å². The Kier molecular flexibility index (Phi) is 4.75. The van der Waals surface area contributed by atoms with Crippen molar-refractivity contribution in [2.45, 2.75) is 19.4 Å². The van der Waals surface area contributed by atoms with Gasteiger partial charge in [0.1, 0.15) is 0 Å². The smallest absolute Gasteiger partial charge is 0.337 e. The van der Waals surface area contributed by atoms with Gasteiger partial charge in [-0.1, -0.05) is 12.1 Å². The van der Waals surface area contributed by atoms with E-state index in [4.69, 9.17) is 4.74 Å². The average molecular weight is 393 g/mol. The number of ether oxygens (including phenoxy) is 1. The number of nitrogens with zero attached hydrogens (tertiary/aromatic N) is 2. The fourth-order valence-corrected chi connectivity index (χ4v) is 3.65. The van der Waals surface area contributed by atoms with Crippen LogP contribution in [0.25, 0.3) is 10.8 Å². The standard InChI is InChI=1S/C21H19N3O5/c1-29-21(28)14-6-7-17-13(12-14)8-10-23(17)18(25)9-11-24-20(27)16-5-3-2-4-15(16)19(26)22-24/h2-7,12H,8-11H2,1H3,(H,22,26). The highest BCUT2D eigenvalue weighted by Gasteiger charge is 2.25. The number of esters is 1. The number of benzene rings is 2. The van der Waals surface area contributed by atoms with Crippen LogP contribution >= 0.6 is 0 Å². The quantitative estimate of drug-likeness (QED) is 0.676. The van der Waals surface area contributed by atoms with Gasteiger partial charge in [0.25, 0.3) is 11.1 Å². The Hall–Kier alpha value is -3.68. The first kappa shape index (κ1) is 18.7. The van der Waals surface area contributed by atoms with Gasteiger partial charge in [0.2, 0.25) is 5.91 Å². The molecule has 29 heavy (non-hydrogen) atoms. The normalized spacial score (nSPS) is 12.8. The van der Waals surface area contributed by atoms with Gasteiger partial charge in [-0.05, 0) is 42.3 Å². The zero-order chi connectivity index (χ0) is 20.5. The molecule has 1 aliphatic rings. The molecule has 0 saturated heterocycles. The third kappa shape index (κ3) is 3.33. The van der Waals surface area contributed by atoms with E-state index in [0.29, 0.717) is 29.3 Å². The zero-order valence-corrected chi connectivity index (χ0v) is 15.8. The first-order valence-corrected chi connectivity index (χ1v) is 9.23. The van der Waals surface area contributed by atoms with E-state index < -0.39 is 5.97 Å². The van der Waals surface area contributed by atoms with Crippen molar-refractivity contribution >= 4 is 28.3 Å². The summed E-state index contributed by atoms with van der Waals surface area (Å²) in [6.45, 7) is 0.575. The van der Waals surface area contributed by atoms with Crippen molar-refractivity contribution in [3.63, 3.8) is 0 Å². The third-order valence-corrected chi connectivity index (χ3v) is 5.13. The number of anilines is 1. The number of nitrogens with one attached hydrogen (secondary N) is 1. The Morgan fingerprint density at radius 3 is 2.62 bits per heavy atom. The molecule has 0 atom stereocenters. The Balaban J connectivity index is 1.53. The second kappa shape index (κ2) is 7.38. The van der Waals surface area contributed by atoms with Gasteiger partial charge in [-0.15, -0.1) is 0 Å². The Bertz CT molecular complexity index is 1240. The molecule has 3 aromatic rings. The van der Waals surface area contributed by atoms with Gasteiger partial charge < -0.3 is 9.64 Å². The number of H-pyrrole nitrogens is 1. The van der Waals surface area contributed by atoms with Crippen LogP contribution in [0.1, 0.15) is 22.3 Å². The van der Waals surface area contributed by atoms with E-state index >= 15 is 0 Å². The van der Waals surface area contributed by atoms with Crippen LogP contribution in [0.4, 0.5) is 5.69 Å². The minimum atomic E-state index is -0.419. The molecule has 0 bridgehead atoms. The van der Waals surface area contributed by atoms with Crippen LogP contribution in [-0.2, 0) is 22.5 Å². The molecule has 0 unspecified atom stereocenters. The molecule has 2 aromatic carbocycles. The van der Waals surface area contributed by atoms with Crippen molar-refractivity contribution in [3.8, 4) is 0 Å². The molecule has 0 spiro atoms. The lowest BCUT2D eigenvalue weighted by Gasteiger charge is -2.18. The van der Waals surface area contributed by atoms with Gasteiger partial charge in [-0.3, -0.25) is 19.5 Å². The van der Waals surface area contributed by atoms with Crippen molar-refractivity contribution in [1.82, 2.24) is 9.78 Å². The molecular formula is C21H19N3O5. The van der Waals surface area contributed by atoms with Crippen molar-refractivity contribution in [2.75, 3.05) is 18.6 Å². The summed E-state index contributed by atoms with van der Waals surface area (Å²) in [5.41, 5.74) is 1.40. The van der Waals surface area contributed by atoms with Crippen molar-refractivity contribution < 1.29 is 14.3 Å². The second-order valence-corrected chi connectivity index (χ2v) is 6.82. The predicted octanol–water partition coefficient (Wildman–Crippen LogP) is 1.46. The highest BCUT2D eigenvalue weighted by Crippen LogP contribution is 2.29. The number of aryl methyl sites for hydroxylation is 1. The number of rotatable bonds is 4. The van der Waals surface area contributed by atoms with Crippen LogP contribution < -0.4 is 16.0 Å². The highest BCUT2D eigenvalue weighted by molar-refractivity contribution is 5.97. The molecule has 1 N–H and O–H groups in total. The van der Waals surface area contributed by atoms with Gasteiger partial charge in [-0.2, -0.15) is 0 Å². The number of carbonyl (C=O) groups is 2.